The molecule has 2 fully saturated rings. The van der Waals surface area contributed by atoms with E-state index in [1.54, 1.807) is 33.4 Å². The summed E-state index contributed by atoms with van der Waals surface area (Å²) in [6.45, 7) is 0.329. The van der Waals surface area contributed by atoms with Crippen LogP contribution in [0, 0.1) is 5.41 Å². The average Bonchev–Trinajstić information content (AvgIpc) is 3.67. The molecule has 2 saturated heterocycles. The third-order valence-corrected chi connectivity index (χ3v) is 8.42. The van der Waals surface area contributed by atoms with E-state index in [2.05, 4.69) is 10.3 Å². The van der Waals surface area contributed by atoms with Gasteiger partial charge < -0.3 is 20.9 Å². The van der Waals surface area contributed by atoms with Gasteiger partial charge in [-0.3, -0.25) is 24.6 Å². The average molecular weight is 573 g/mol. The molecule has 11 heteroatoms. The smallest absolute Gasteiger partial charge is 0.243 e. The van der Waals surface area contributed by atoms with Gasteiger partial charge in [-0.25, -0.2) is 4.98 Å². The summed E-state index contributed by atoms with van der Waals surface area (Å²) in [5.41, 5.74) is 7.96. The zero-order valence-corrected chi connectivity index (χ0v) is 23.3. The number of nitrogens with zero attached hydrogens (tertiary/aromatic N) is 3. The van der Waals surface area contributed by atoms with Gasteiger partial charge in [0, 0.05) is 36.5 Å². The van der Waals surface area contributed by atoms with Gasteiger partial charge in [0.25, 0.3) is 0 Å². The minimum absolute atomic E-state index is 0.0623. The largest absolute Gasteiger partial charge is 0.384 e. The van der Waals surface area contributed by atoms with Gasteiger partial charge in [-0.05, 0) is 36.5 Å². The minimum atomic E-state index is -0.911. The van der Waals surface area contributed by atoms with Crippen molar-refractivity contribution in [2.75, 3.05) is 13.1 Å². The Kier molecular flexibility index (Phi) is 8.53. The van der Waals surface area contributed by atoms with Crippen LogP contribution in [0.15, 0.2) is 66.2 Å². The van der Waals surface area contributed by atoms with E-state index in [1.807, 2.05) is 36.4 Å². The van der Waals surface area contributed by atoms with Gasteiger partial charge in [-0.1, -0.05) is 48.5 Å². The number of rotatable bonds is 10. The Morgan fingerprint density at radius 2 is 1.88 bits per heavy atom. The number of piperazine rings is 1. The highest BCUT2D eigenvalue weighted by molar-refractivity contribution is 7.11. The lowest BCUT2D eigenvalue weighted by Gasteiger charge is -2.39. The van der Waals surface area contributed by atoms with Crippen molar-refractivity contribution in [3.63, 3.8) is 0 Å². The van der Waals surface area contributed by atoms with E-state index in [4.69, 9.17) is 11.1 Å². The lowest BCUT2D eigenvalue weighted by atomic mass is 9.99. The summed E-state index contributed by atoms with van der Waals surface area (Å²) in [5.74, 6) is -1.15. The highest BCUT2D eigenvalue weighted by Gasteiger charge is 2.46. The number of amidine groups is 1. The van der Waals surface area contributed by atoms with Crippen LogP contribution in [0.25, 0.3) is 0 Å². The van der Waals surface area contributed by atoms with Crippen LogP contribution in [0.5, 0.6) is 0 Å². The number of amides is 3. The molecule has 0 aliphatic carbocycles. The molecule has 4 N–H and O–H groups in total. The van der Waals surface area contributed by atoms with E-state index < -0.39 is 18.0 Å². The first kappa shape index (κ1) is 28.2. The first-order chi connectivity index (χ1) is 19.8. The quantitative estimate of drug-likeness (QED) is 0.193. The van der Waals surface area contributed by atoms with Crippen molar-refractivity contribution >= 4 is 40.7 Å². The summed E-state index contributed by atoms with van der Waals surface area (Å²) in [6.07, 6.45) is 3.68. The standard InChI is InChI=1S/C30H32N6O4S/c31-28(32)21-8-4-7-20(15-21)16-23(27(39)30-33-13-14-41-30)34-29(40)24-11-10-22-17-35(18-26(38)36(22)24)25(37)12-9-19-5-2-1-3-6-19/h1-8,13-15,22-24H,9-12,16-18H2,(H3,31,32)(H,34,40)/t22-,23-,24-/m0/s1. The number of nitrogen functional groups attached to an aromatic ring is 1. The van der Waals surface area contributed by atoms with E-state index in [-0.39, 0.29) is 47.4 Å². The van der Waals surface area contributed by atoms with Crippen molar-refractivity contribution in [2.45, 2.75) is 50.2 Å². The third-order valence-electron chi connectivity index (χ3n) is 7.63. The number of hydrogen-bond donors (Lipinski definition) is 3. The van der Waals surface area contributed by atoms with Crippen LogP contribution in [-0.2, 0) is 27.2 Å². The Bertz CT molecular complexity index is 1440. The number of nitrogens with one attached hydrogen (secondary N) is 2. The SMILES string of the molecule is N=C(N)c1cccc(C[C@H](NC(=O)[C@@H]2CC[C@H]3CN(C(=O)CCc4ccccc4)CC(=O)N32)C(=O)c2nccs2)c1. The molecule has 0 unspecified atom stereocenters. The predicted molar refractivity (Wildman–Crippen MR) is 155 cm³/mol. The van der Waals surface area contributed by atoms with Crippen LogP contribution < -0.4 is 11.1 Å². The topological polar surface area (TPSA) is 150 Å². The molecule has 0 bridgehead atoms. The number of aryl methyl sites for hydroxylation is 1. The molecule has 0 radical (unpaired) electrons. The van der Waals surface area contributed by atoms with E-state index in [9.17, 15) is 19.2 Å². The van der Waals surface area contributed by atoms with Crippen LogP contribution in [-0.4, -0.2) is 75.3 Å². The Morgan fingerprint density at radius 3 is 2.61 bits per heavy atom. The van der Waals surface area contributed by atoms with Crippen LogP contribution in [0.3, 0.4) is 0 Å². The molecule has 1 aromatic heterocycles. The number of fused-ring (bicyclic) bond motifs is 1. The maximum atomic E-state index is 13.6. The molecule has 3 atom stereocenters. The Hall–Kier alpha value is -4.38. The lowest BCUT2D eigenvalue weighted by molar-refractivity contribution is -0.151. The molecule has 41 heavy (non-hydrogen) atoms. The molecular formula is C30H32N6O4S. The normalized spacial score (nSPS) is 19.0. The number of aromatic nitrogens is 1. The Labute approximate surface area is 242 Å². The predicted octanol–water partition coefficient (Wildman–Crippen LogP) is 2.17. The number of carbonyl (C=O) groups is 4. The Balaban J connectivity index is 1.25. The number of hydrogen-bond acceptors (Lipinski definition) is 7. The fourth-order valence-corrected chi connectivity index (χ4v) is 6.21. The summed E-state index contributed by atoms with van der Waals surface area (Å²) in [7, 11) is 0. The van der Waals surface area contributed by atoms with Gasteiger partial charge in [0.15, 0.2) is 5.01 Å². The van der Waals surface area contributed by atoms with Crippen molar-refractivity contribution < 1.29 is 19.2 Å². The van der Waals surface area contributed by atoms with Crippen molar-refractivity contribution in [3.8, 4) is 0 Å². The van der Waals surface area contributed by atoms with Crippen molar-refractivity contribution in [2.24, 2.45) is 5.73 Å². The molecule has 0 spiro atoms. The molecule has 3 heterocycles. The first-order valence-corrected chi connectivity index (χ1v) is 14.5. The Morgan fingerprint density at radius 1 is 1.10 bits per heavy atom. The van der Waals surface area contributed by atoms with Crippen LogP contribution in [0.2, 0.25) is 0 Å². The minimum Gasteiger partial charge on any atom is -0.384 e. The van der Waals surface area contributed by atoms with Gasteiger partial charge in [-0.15, -0.1) is 11.3 Å². The molecular weight excluding hydrogens is 540 g/mol. The highest BCUT2D eigenvalue weighted by atomic mass is 32.1. The van der Waals surface area contributed by atoms with Crippen molar-refractivity contribution in [3.05, 3.63) is 87.9 Å². The third kappa shape index (κ3) is 6.51. The van der Waals surface area contributed by atoms with Crippen LogP contribution in [0.4, 0.5) is 0 Å². The van der Waals surface area contributed by atoms with Crippen LogP contribution >= 0.6 is 11.3 Å². The summed E-state index contributed by atoms with van der Waals surface area (Å²) >= 11 is 1.19. The summed E-state index contributed by atoms with van der Waals surface area (Å²) < 4.78 is 0. The fourth-order valence-electron chi connectivity index (χ4n) is 5.58. The van der Waals surface area contributed by atoms with E-state index in [1.165, 1.54) is 17.5 Å². The van der Waals surface area contributed by atoms with E-state index in [0.29, 0.717) is 37.8 Å². The number of carbonyl (C=O) groups excluding carboxylic acids is 4. The van der Waals surface area contributed by atoms with Gasteiger partial charge in [0.05, 0.1) is 18.6 Å². The van der Waals surface area contributed by atoms with E-state index >= 15 is 0 Å². The van der Waals surface area contributed by atoms with Gasteiger partial charge >= 0.3 is 0 Å². The zero-order chi connectivity index (χ0) is 28.9. The number of benzene rings is 2. The second kappa shape index (κ2) is 12.4. The molecule has 3 aromatic rings. The van der Waals surface area contributed by atoms with Crippen LogP contribution in [0.1, 0.15) is 45.8 Å². The monoisotopic (exact) mass is 572 g/mol. The number of Topliss-reactive ketones (excluding diaryl/α,β-unsaturated/α-hetero) is 1. The van der Waals surface area contributed by atoms with Gasteiger partial charge in [0.1, 0.15) is 11.9 Å². The summed E-state index contributed by atoms with van der Waals surface area (Å²) in [5, 5.41) is 12.6. The van der Waals surface area contributed by atoms with Gasteiger partial charge in [-0.2, -0.15) is 0 Å². The summed E-state index contributed by atoms with van der Waals surface area (Å²) in [4.78, 5) is 60.4. The highest BCUT2D eigenvalue weighted by Crippen LogP contribution is 2.29. The molecule has 5 rings (SSSR count). The first-order valence-electron chi connectivity index (χ1n) is 13.6. The molecule has 2 aromatic carbocycles. The second-order valence-corrected chi connectivity index (χ2v) is 11.3. The molecule has 212 valence electrons. The molecule has 2 aliphatic heterocycles. The maximum absolute atomic E-state index is 13.6. The fraction of sp³-hybridized carbons (Fsp3) is 0.333. The molecule has 3 amide bonds. The van der Waals surface area contributed by atoms with Crippen molar-refractivity contribution in [1.82, 2.24) is 20.1 Å². The van der Waals surface area contributed by atoms with Gasteiger partial charge in [0.2, 0.25) is 23.5 Å². The molecule has 2 aliphatic rings. The maximum Gasteiger partial charge on any atom is 0.243 e. The zero-order valence-electron chi connectivity index (χ0n) is 22.5. The number of ketones is 1. The molecule has 0 saturated carbocycles. The summed E-state index contributed by atoms with van der Waals surface area (Å²) in [6, 6.07) is 14.9. The van der Waals surface area contributed by atoms with E-state index in [0.717, 1.165) is 11.1 Å². The number of thiazole rings is 1. The second-order valence-electron chi connectivity index (χ2n) is 10.4. The molecule has 10 nitrogen and oxygen atoms in total. The lowest BCUT2D eigenvalue weighted by Crippen LogP contribution is -2.60. The number of nitrogens with two attached hydrogens (primary N) is 1. The van der Waals surface area contributed by atoms with Crippen molar-refractivity contribution in [1.29, 1.82) is 5.41 Å².